The fraction of sp³-hybridized carbons (Fsp3) is 1.00. The summed E-state index contributed by atoms with van der Waals surface area (Å²) in [7, 11) is 0. The van der Waals surface area contributed by atoms with E-state index in [0.717, 1.165) is 32.1 Å². The van der Waals surface area contributed by atoms with E-state index in [1.807, 2.05) is 6.92 Å². The fourth-order valence-electron chi connectivity index (χ4n) is 1.27. The summed E-state index contributed by atoms with van der Waals surface area (Å²) in [6, 6.07) is 0. The smallest absolute Gasteiger partial charge is 0.0537 e. The Morgan fingerprint density at radius 3 is 2.17 bits per heavy atom. The molecule has 0 aromatic carbocycles. The minimum absolute atomic E-state index is 0.138. The molecule has 0 spiro atoms. The van der Waals surface area contributed by atoms with Gasteiger partial charge in [0.1, 0.15) is 0 Å². The molecule has 0 aliphatic rings. The van der Waals surface area contributed by atoms with E-state index < -0.39 is 0 Å². The molecule has 0 aliphatic heterocycles. The Kier molecular flexibility index (Phi) is 7.51. The zero-order valence-corrected chi connectivity index (χ0v) is 8.29. The summed E-state index contributed by atoms with van der Waals surface area (Å²) in [5.41, 5.74) is 0. The highest BCUT2D eigenvalue weighted by Gasteiger charge is 2.06. The van der Waals surface area contributed by atoms with E-state index in [4.69, 9.17) is 5.11 Å². The van der Waals surface area contributed by atoms with Crippen LogP contribution >= 0.6 is 0 Å². The van der Waals surface area contributed by atoms with E-state index in [-0.39, 0.29) is 6.10 Å². The van der Waals surface area contributed by atoms with Crippen LogP contribution in [0.3, 0.4) is 0 Å². The van der Waals surface area contributed by atoms with Crippen molar-refractivity contribution in [3.05, 3.63) is 0 Å². The van der Waals surface area contributed by atoms with Crippen LogP contribution < -0.4 is 0 Å². The third-order valence-electron chi connectivity index (χ3n) is 2.46. The van der Waals surface area contributed by atoms with Crippen molar-refractivity contribution in [1.29, 1.82) is 0 Å². The van der Waals surface area contributed by atoms with Gasteiger partial charge in [-0.1, -0.05) is 26.7 Å². The molecule has 0 bridgehead atoms. The van der Waals surface area contributed by atoms with Crippen molar-refractivity contribution >= 4 is 0 Å². The lowest BCUT2D eigenvalue weighted by atomic mass is 9.98. The molecule has 2 unspecified atom stereocenters. The van der Waals surface area contributed by atoms with Gasteiger partial charge in [-0.15, -0.1) is 0 Å². The van der Waals surface area contributed by atoms with Crippen LogP contribution in [0.5, 0.6) is 0 Å². The number of rotatable bonds is 7. The molecule has 0 amide bonds. The summed E-state index contributed by atoms with van der Waals surface area (Å²) in [6.45, 7) is 4.38. The molecular formula is C10H22O2. The van der Waals surface area contributed by atoms with Crippen LogP contribution in [-0.2, 0) is 0 Å². The van der Waals surface area contributed by atoms with Crippen LogP contribution in [0.25, 0.3) is 0 Å². The molecule has 12 heavy (non-hydrogen) atoms. The van der Waals surface area contributed by atoms with Crippen molar-refractivity contribution in [3.63, 3.8) is 0 Å². The standard InChI is InChI=1S/C10H22O2/c1-3-9(8-11)6-5-7-10(12)4-2/h9-12H,3-8H2,1-2H3. The quantitative estimate of drug-likeness (QED) is 0.619. The van der Waals surface area contributed by atoms with Crippen molar-refractivity contribution in [3.8, 4) is 0 Å². The lowest BCUT2D eigenvalue weighted by Gasteiger charge is -2.12. The molecule has 0 radical (unpaired) electrons. The van der Waals surface area contributed by atoms with E-state index in [2.05, 4.69) is 6.92 Å². The van der Waals surface area contributed by atoms with E-state index in [9.17, 15) is 5.11 Å². The topological polar surface area (TPSA) is 40.5 Å². The Bertz CT molecular complexity index is 89.8. The monoisotopic (exact) mass is 174 g/mol. The van der Waals surface area contributed by atoms with Crippen LogP contribution in [0, 0.1) is 5.92 Å². The second-order valence-corrected chi connectivity index (χ2v) is 3.45. The molecule has 2 atom stereocenters. The highest BCUT2D eigenvalue weighted by Crippen LogP contribution is 2.13. The van der Waals surface area contributed by atoms with Gasteiger partial charge in [-0.2, -0.15) is 0 Å². The van der Waals surface area contributed by atoms with Crippen molar-refractivity contribution in [2.24, 2.45) is 5.92 Å². The maximum Gasteiger partial charge on any atom is 0.0537 e. The van der Waals surface area contributed by atoms with Crippen LogP contribution in [-0.4, -0.2) is 22.9 Å². The van der Waals surface area contributed by atoms with Gasteiger partial charge < -0.3 is 10.2 Å². The SMILES string of the molecule is CCC(O)CCCC(CC)CO. The first-order valence-corrected chi connectivity index (χ1v) is 5.03. The van der Waals surface area contributed by atoms with Gasteiger partial charge >= 0.3 is 0 Å². The summed E-state index contributed by atoms with van der Waals surface area (Å²) in [6.07, 6.45) is 4.71. The predicted molar refractivity (Wildman–Crippen MR) is 51.0 cm³/mol. The number of hydrogen-bond donors (Lipinski definition) is 2. The maximum absolute atomic E-state index is 9.25. The van der Waals surface area contributed by atoms with Gasteiger partial charge in [0.25, 0.3) is 0 Å². The predicted octanol–water partition coefficient (Wildman–Crippen LogP) is 1.95. The zero-order chi connectivity index (χ0) is 9.40. The first-order chi connectivity index (χ1) is 5.74. The first-order valence-electron chi connectivity index (χ1n) is 5.03. The van der Waals surface area contributed by atoms with Crippen molar-refractivity contribution in [2.75, 3.05) is 6.61 Å². The van der Waals surface area contributed by atoms with E-state index in [1.54, 1.807) is 0 Å². The fourth-order valence-corrected chi connectivity index (χ4v) is 1.27. The minimum atomic E-state index is -0.138. The van der Waals surface area contributed by atoms with Crippen molar-refractivity contribution in [2.45, 2.75) is 52.1 Å². The Labute approximate surface area is 75.6 Å². The minimum Gasteiger partial charge on any atom is -0.396 e. The molecule has 0 fully saturated rings. The van der Waals surface area contributed by atoms with Gasteiger partial charge in [0, 0.05) is 6.61 Å². The van der Waals surface area contributed by atoms with Gasteiger partial charge in [-0.3, -0.25) is 0 Å². The molecule has 0 saturated carbocycles. The molecule has 2 N–H and O–H groups in total. The number of hydrogen-bond acceptors (Lipinski definition) is 2. The maximum atomic E-state index is 9.25. The Morgan fingerprint density at radius 2 is 1.75 bits per heavy atom. The second-order valence-electron chi connectivity index (χ2n) is 3.45. The summed E-state index contributed by atoms with van der Waals surface area (Å²) in [4.78, 5) is 0. The van der Waals surface area contributed by atoms with Gasteiger partial charge in [-0.25, -0.2) is 0 Å². The summed E-state index contributed by atoms with van der Waals surface area (Å²) in [5, 5.41) is 18.1. The van der Waals surface area contributed by atoms with Crippen molar-refractivity contribution in [1.82, 2.24) is 0 Å². The molecule has 0 aromatic heterocycles. The average Bonchev–Trinajstić information content (AvgIpc) is 2.12. The van der Waals surface area contributed by atoms with Crippen molar-refractivity contribution < 1.29 is 10.2 Å². The van der Waals surface area contributed by atoms with Gasteiger partial charge in [0.15, 0.2) is 0 Å². The lowest BCUT2D eigenvalue weighted by molar-refractivity contribution is 0.148. The zero-order valence-electron chi connectivity index (χ0n) is 8.29. The molecule has 0 aliphatic carbocycles. The summed E-state index contributed by atoms with van der Waals surface area (Å²) >= 11 is 0. The van der Waals surface area contributed by atoms with Gasteiger partial charge in [0.05, 0.1) is 6.10 Å². The van der Waals surface area contributed by atoms with Gasteiger partial charge in [0.2, 0.25) is 0 Å². The van der Waals surface area contributed by atoms with Crippen LogP contribution in [0.1, 0.15) is 46.0 Å². The normalized spacial score (nSPS) is 16.0. The molecule has 0 saturated heterocycles. The Morgan fingerprint density at radius 1 is 1.08 bits per heavy atom. The molecule has 2 nitrogen and oxygen atoms in total. The average molecular weight is 174 g/mol. The van der Waals surface area contributed by atoms with Crippen LogP contribution in [0.15, 0.2) is 0 Å². The third-order valence-corrected chi connectivity index (χ3v) is 2.46. The Hall–Kier alpha value is -0.0800. The van der Waals surface area contributed by atoms with Crippen LogP contribution in [0.2, 0.25) is 0 Å². The van der Waals surface area contributed by atoms with E-state index in [0.29, 0.717) is 12.5 Å². The second kappa shape index (κ2) is 7.56. The van der Waals surface area contributed by atoms with Crippen LogP contribution in [0.4, 0.5) is 0 Å². The molecule has 2 heteroatoms. The van der Waals surface area contributed by atoms with E-state index in [1.165, 1.54) is 0 Å². The highest BCUT2D eigenvalue weighted by atomic mass is 16.3. The molecule has 74 valence electrons. The highest BCUT2D eigenvalue weighted by molar-refractivity contribution is 4.58. The number of aliphatic hydroxyl groups excluding tert-OH is 2. The molecule has 0 aromatic rings. The van der Waals surface area contributed by atoms with E-state index >= 15 is 0 Å². The summed E-state index contributed by atoms with van der Waals surface area (Å²) in [5.74, 6) is 0.439. The largest absolute Gasteiger partial charge is 0.396 e. The number of aliphatic hydroxyl groups is 2. The lowest BCUT2D eigenvalue weighted by Crippen LogP contribution is -2.08. The molecule has 0 heterocycles. The summed E-state index contributed by atoms with van der Waals surface area (Å²) < 4.78 is 0. The van der Waals surface area contributed by atoms with Gasteiger partial charge in [-0.05, 0) is 25.2 Å². The third kappa shape index (κ3) is 5.56. The first kappa shape index (κ1) is 11.9. The molecule has 0 rings (SSSR count). The Balaban J connectivity index is 3.28. The molecular weight excluding hydrogens is 152 g/mol.